The highest BCUT2D eigenvalue weighted by Crippen LogP contribution is 2.35. The number of furan rings is 1. The van der Waals surface area contributed by atoms with Gasteiger partial charge in [-0.2, -0.15) is 0 Å². The lowest BCUT2D eigenvalue weighted by atomic mass is 10.2. The Hall–Kier alpha value is -1.82. The van der Waals surface area contributed by atoms with E-state index in [1.165, 1.54) is 4.88 Å². The summed E-state index contributed by atoms with van der Waals surface area (Å²) < 4.78 is 5.48. The van der Waals surface area contributed by atoms with Crippen LogP contribution in [0.4, 0.5) is 4.79 Å². The van der Waals surface area contributed by atoms with Crippen LogP contribution >= 0.6 is 11.3 Å². The molecule has 5 nitrogen and oxygen atoms in total. The Morgan fingerprint density at radius 1 is 1.52 bits per heavy atom. The first kappa shape index (κ1) is 16.1. The van der Waals surface area contributed by atoms with Crippen molar-refractivity contribution in [3.05, 3.63) is 40.2 Å². The Bertz CT molecular complexity index is 649. The molecule has 2 aromatic heterocycles. The number of thiazole rings is 1. The van der Waals surface area contributed by atoms with Gasteiger partial charge in [-0.05, 0) is 45.2 Å². The van der Waals surface area contributed by atoms with Crippen molar-refractivity contribution in [3.8, 4) is 0 Å². The molecule has 0 aliphatic heterocycles. The molecule has 2 amide bonds. The highest BCUT2D eigenvalue weighted by atomic mass is 32.1. The van der Waals surface area contributed by atoms with Gasteiger partial charge in [0.2, 0.25) is 0 Å². The summed E-state index contributed by atoms with van der Waals surface area (Å²) >= 11 is 1.66. The van der Waals surface area contributed by atoms with Crippen LogP contribution in [0.1, 0.15) is 61.3 Å². The molecule has 0 bridgehead atoms. The summed E-state index contributed by atoms with van der Waals surface area (Å²) in [5.41, 5.74) is 0. The lowest BCUT2D eigenvalue weighted by molar-refractivity contribution is 0.163. The molecule has 0 saturated heterocycles. The maximum absolute atomic E-state index is 12.8. The monoisotopic (exact) mass is 333 g/mol. The van der Waals surface area contributed by atoms with E-state index in [1.54, 1.807) is 17.6 Å². The number of aryl methyl sites for hydroxylation is 1. The standard InChI is InChI=1S/C17H23N3O2S/c1-4-14-10-18-16(23-14)11(2)19-17(21)20(13-7-8-13)12(3)15-6-5-9-22-15/h5-6,9-13H,4,7-8H2,1-3H3,(H,19,21)/t11-,12-/m1/s1. The molecule has 1 fully saturated rings. The fourth-order valence-electron chi connectivity index (χ4n) is 2.68. The number of nitrogens with zero attached hydrogens (tertiary/aromatic N) is 2. The summed E-state index contributed by atoms with van der Waals surface area (Å²) in [4.78, 5) is 20.3. The molecule has 2 atom stereocenters. The van der Waals surface area contributed by atoms with Gasteiger partial charge in [-0.3, -0.25) is 0 Å². The zero-order valence-electron chi connectivity index (χ0n) is 13.8. The Kier molecular flexibility index (Phi) is 4.71. The molecule has 1 aliphatic rings. The molecule has 2 heterocycles. The predicted molar refractivity (Wildman–Crippen MR) is 90.4 cm³/mol. The smallest absolute Gasteiger partial charge is 0.318 e. The summed E-state index contributed by atoms with van der Waals surface area (Å²) in [6, 6.07) is 3.90. The van der Waals surface area contributed by atoms with Crippen LogP contribution in [0.15, 0.2) is 29.0 Å². The van der Waals surface area contributed by atoms with E-state index in [-0.39, 0.29) is 18.1 Å². The maximum Gasteiger partial charge on any atom is 0.318 e. The fraction of sp³-hybridized carbons (Fsp3) is 0.529. The molecular formula is C17H23N3O2S. The second-order valence-corrected chi connectivity index (χ2v) is 7.17. The summed E-state index contributed by atoms with van der Waals surface area (Å²) in [5, 5.41) is 4.05. The Morgan fingerprint density at radius 3 is 2.87 bits per heavy atom. The van der Waals surface area contributed by atoms with E-state index in [0.717, 1.165) is 30.0 Å². The van der Waals surface area contributed by atoms with Gasteiger partial charge in [-0.1, -0.05) is 6.92 Å². The fourth-order valence-corrected chi connectivity index (χ4v) is 3.54. The molecule has 23 heavy (non-hydrogen) atoms. The van der Waals surface area contributed by atoms with E-state index >= 15 is 0 Å². The van der Waals surface area contributed by atoms with Crippen LogP contribution in [-0.2, 0) is 6.42 Å². The molecule has 1 aliphatic carbocycles. The van der Waals surface area contributed by atoms with Crippen molar-refractivity contribution >= 4 is 17.4 Å². The van der Waals surface area contributed by atoms with Crippen molar-refractivity contribution in [2.75, 3.05) is 0 Å². The van der Waals surface area contributed by atoms with Gasteiger partial charge in [-0.15, -0.1) is 11.3 Å². The lowest BCUT2D eigenvalue weighted by Crippen LogP contribution is -2.43. The van der Waals surface area contributed by atoms with Crippen molar-refractivity contribution in [1.29, 1.82) is 0 Å². The predicted octanol–water partition coefficient (Wildman–Crippen LogP) is 4.29. The van der Waals surface area contributed by atoms with Crippen molar-refractivity contribution < 1.29 is 9.21 Å². The van der Waals surface area contributed by atoms with Gasteiger partial charge in [-0.25, -0.2) is 9.78 Å². The number of hydrogen-bond acceptors (Lipinski definition) is 4. The molecule has 6 heteroatoms. The van der Waals surface area contributed by atoms with E-state index in [2.05, 4.69) is 17.2 Å². The van der Waals surface area contributed by atoms with Gasteiger partial charge >= 0.3 is 6.03 Å². The van der Waals surface area contributed by atoms with Crippen LogP contribution in [0.25, 0.3) is 0 Å². The topological polar surface area (TPSA) is 58.4 Å². The highest BCUT2D eigenvalue weighted by Gasteiger charge is 2.37. The SMILES string of the molecule is CCc1cnc([C@@H](C)NC(=O)N(C2CC2)[C@H](C)c2ccco2)s1. The van der Waals surface area contributed by atoms with Gasteiger partial charge < -0.3 is 14.6 Å². The van der Waals surface area contributed by atoms with Gasteiger partial charge in [0.15, 0.2) is 0 Å². The molecule has 0 unspecified atom stereocenters. The minimum atomic E-state index is -0.0853. The highest BCUT2D eigenvalue weighted by molar-refractivity contribution is 7.11. The number of nitrogens with one attached hydrogen (secondary N) is 1. The Morgan fingerprint density at radius 2 is 2.30 bits per heavy atom. The third-order valence-corrected chi connectivity index (χ3v) is 5.50. The third kappa shape index (κ3) is 3.58. The number of urea groups is 1. The molecule has 3 rings (SSSR count). The molecule has 1 N–H and O–H groups in total. The minimum absolute atomic E-state index is 0.0443. The van der Waals surface area contributed by atoms with Crippen molar-refractivity contribution in [3.63, 3.8) is 0 Å². The number of hydrogen-bond donors (Lipinski definition) is 1. The Balaban J connectivity index is 1.69. The molecule has 1 saturated carbocycles. The lowest BCUT2D eigenvalue weighted by Gasteiger charge is -2.29. The molecule has 124 valence electrons. The zero-order valence-corrected chi connectivity index (χ0v) is 14.6. The van der Waals surface area contributed by atoms with Crippen LogP contribution in [0.3, 0.4) is 0 Å². The van der Waals surface area contributed by atoms with Gasteiger partial charge in [0.1, 0.15) is 10.8 Å². The van der Waals surface area contributed by atoms with E-state index in [9.17, 15) is 4.79 Å². The quantitative estimate of drug-likeness (QED) is 0.857. The first-order chi connectivity index (χ1) is 11.1. The van der Waals surface area contributed by atoms with Crippen LogP contribution in [-0.4, -0.2) is 22.0 Å². The van der Waals surface area contributed by atoms with Crippen LogP contribution in [0.5, 0.6) is 0 Å². The first-order valence-electron chi connectivity index (χ1n) is 8.17. The number of rotatable bonds is 6. The van der Waals surface area contributed by atoms with Gasteiger partial charge in [0, 0.05) is 17.1 Å². The maximum atomic E-state index is 12.8. The van der Waals surface area contributed by atoms with Crippen molar-refractivity contribution in [1.82, 2.24) is 15.2 Å². The first-order valence-corrected chi connectivity index (χ1v) is 8.98. The average molecular weight is 333 g/mol. The van der Waals surface area contributed by atoms with E-state index in [4.69, 9.17) is 4.42 Å². The van der Waals surface area contributed by atoms with Crippen LogP contribution in [0.2, 0.25) is 0 Å². The molecule has 2 aromatic rings. The van der Waals surface area contributed by atoms with Gasteiger partial charge in [0.05, 0.1) is 18.3 Å². The molecule has 0 aromatic carbocycles. The normalized spacial score (nSPS) is 16.8. The van der Waals surface area contributed by atoms with Crippen LogP contribution in [0, 0.1) is 0 Å². The van der Waals surface area contributed by atoms with Gasteiger partial charge in [0.25, 0.3) is 0 Å². The van der Waals surface area contributed by atoms with E-state index < -0.39 is 0 Å². The summed E-state index contributed by atoms with van der Waals surface area (Å²) in [6.07, 6.45) is 6.64. The molecule has 0 spiro atoms. The molecule has 0 radical (unpaired) electrons. The van der Waals surface area contributed by atoms with E-state index in [1.807, 2.05) is 37.1 Å². The number of aromatic nitrogens is 1. The second kappa shape index (κ2) is 6.74. The average Bonchev–Trinajstić information content (AvgIpc) is 3.07. The van der Waals surface area contributed by atoms with Crippen LogP contribution < -0.4 is 5.32 Å². The Labute approximate surface area is 140 Å². The second-order valence-electron chi connectivity index (χ2n) is 6.02. The number of carbonyl (C=O) groups excluding carboxylic acids is 1. The van der Waals surface area contributed by atoms with Crippen molar-refractivity contribution in [2.45, 2.75) is 58.2 Å². The number of carbonyl (C=O) groups is 1. The van der Waals surface area contributed by atoms with Crippen molar-refractivity contribution in [2.24, 2.45) is 0 Å². The third-order valence-electron chi connectivity index (χ3n) is 4.18. The van der Waals surface area contributed by atoms with E-state index in [0.29, 0.717) is 6.04 Å². The zero-order chi connectivity index (χ0) is 16.4. The molecular weight excluding hydrogens is 310 g/mol. The largest absolute Gasteiger partial charge is 0.467 e. The summed E-state index contributed by atoms with van der Waals surface area (Å²) in [5.74, 6) is 0.822. The summed E-state index contributed by atoms with van der Waals surface area (Å²) in [7, 11) is 0. The summed E-state index contributed by atoms with van der Waals surface area (Å²) in [6.45, 7) is 6.11. The number of amides is 2. The minimum Gasteiger partial charge on any atom is -0.467 e.